The van der Waals surface area contributed by atoms with Gasteiger partial charge >= 0.3 is 5.97 Å². The minimum absolute atomic E-state index is 0. The fourth-order valence-electron chi connectivity index (χ4n) is 2.95. The molecule has 0 spiro atoms. The number of carbonyl (C=O) groups excluding carboxylic acids is 1. The predicted octanol–water partition coefficient (Wildman–Crippen LogP) is 3.00. The van der Waals surface area contributed by atoms with Crippen LogP contribution in [0.3, 0.4) is 0 Å². The first-order chi connectivity index (χ1) is 13.7. The molecule has 2 heterocycles. The molecule has 8 heteroatoms. The number of nitrogens with one attached hydrogen (secondary N) is 2. The monoisotopic (exact) mass is 513 g/mol. The molecule has 1 atom stereocenters. The van der Waals surface area contributed by atoms with Crippen LogP contribution < -0.4 is 10.6 Å². The van der Waals surface area contributed by atoms with Gasteiger partial charge < -0.3 is 24.5 Å². The zero-order chi connectivity index (χ0) is 19.6. The Labute approximate surface area is 188 Å². The van der Waals surface area contributed by atoms with Crippen LogP contribution >= 0.6 is 24.0 Å². The van der Waals surface area contributed by atoms with Crippen LogP contribution in [0.25, 0.3) is 0 Å². The highest BCUT2D eigenvalue weighted by Crippen LogP contribution is 2.11. The van der Waals surface area contributed by atoms with E-state index in [2.05, 4.69) is 15.6 Å². The lowest BCUT2D eigenvalue weighted by Crippen LogP contribution is -2.40. The summed E-state index contributed by atoms with van der Waals surface area (Å²) < 4.78 is 15.5. The van der Waals surface area contributed by atoms with Gasteiger partial charge in [-0.15, -0.1) is 24.0 Å². The molecule has 1 aromatic heterocycles. The van der Waals surface area contributed by atoms with Crippen molar-refractivity contribution < 1.29 is 18.7 Å². The average Bonchev–Trinajstić information content (AvgIpc) is 3.43. The minimum Gasteiger partial charge on any atom is -0.469 e. The maximum Gasteiger partial charge on any atom is 0.337 e. The summed E-state index contributed by atoms with van der Waals surface area (Å²) in [4.78, 5) is 16.2. The minimum atomic E-state index is -0.337. The van der Waals surface area contributed by atoms with Crippen molar-refractivity contribution in [2.45, 2.75) is 19.4 Å². The van der Waals surface area contributed by atoms with Gasteiger partial charge in [0.05, 0.1) is 32.1 Å². The third-order valence-electron chi connectivity index (χ3n) is 4.62. The number of hydrogen-bond acceptors (Lipinski definition) is 5. The molecule has 0 radical (unpaired) electrons. The van der Waals surface area contributed by atoms with Crippen LogP contribution in [0.15, 0.2) is 52.1 Å². The number of benzene rings is 1. The third kappa shape index (κ3) is 7.69. The van der Waals surface area contributed by atoms with Gasteiger partial charge in [0.2, 0.25) is 0 Å². The van der Waals surface area contributed by atoms with Gasteiger partial charge in [-0.2, -0.15) is 0 Å². The lowest BCUT2D eigenvalue weighted by molar-refractivity contribution is 0.0600. The molecule has 1 aliphatic heterocycles. The Hall–Kier alpha value is -2.07. The van der Waals surface area contributed by atoms with E-state index >= 15 is 0 Å². The molecule has 29 heavy (non-hydrogen) atoms. The zero-order valence-electron chi connectivity index (χ0n) is 16.6. The summed E-state index contributed by atoms with van der Waals surface area (Å²) in [6.07, 6.45) is 3.54. The van der Waals surface area contributed by atoms with E-state index in [4.69, 9.17) is 13.9 Å². The Kier molecular flexibility index (Phi) is 9.99. The molecule has 1 unspecified atom stereocenters. The molecule has 0 saturated carbocycles. The molecule has 7 nitrogen and oxygen atoms in total. The molecule has 0 aliphatic carbocycles. The summed E-state index contributed by atoms with van der Waals surface area (Å²) in [5.41, 5.74) is 1.55. The number of ether oxygens (including phenoxy) is 2. The van der Waals surface area contributed by atoms with E-state index in [0.717, 1.165) is 56.4 Å². The highest BCUT2D eigenvalue weighted by Gasteiger charge is 2.15. The molecule has 0 bridgehead atoms. The number of aliphatic imine (C=N–C) groups is 1. The highest BCUT2D eigenvalue weighted by molar-refractivity contribution is 14.0. The van der Waals surface area contributed by atoms with Crippen LogP contribution in [0.4, 0.5) is 0 Å². The number of carbonyl (C=O) groups is 1. The van der Waals surface area contributed by atoms with E-state index in [1.165, 1.54) is 7.11 Å². The second-order valence-corrected chi connectivity index (χ2v) is 6.72. The fourth-order valence-corrected chi connectivity index (χ4v) is 2.95. The highest BCUT2D eigenvalue weighted by atomic mass is 127. The average molecular weight is 513 g/mol. The number of methoxy groups -OCH3 is 1. The molecule has 1 saturated heterocycles. The van der Waals surface area contributed by atoms with Crippen LogP contribution in [0.2, 0.25) is 0 Å². The van der Waals surface area contributed by atoms with E-state index < -0.39 is 0 Å². The van der Waals surface area contributed by atoms with Crippen LogP contribution in [0, 0.1) is 5.92 Å². The number of nitrogens with zero attached hydrogens (tertiary/aromatic N) is 1. The SMILES string of the molecule is COC(=O)c1ccc(CN=C(NCCc2ccco2)NCC2CCOC2)cc1.I. The first-order valence-electron chi connectivity index (χ1n) is 9.54. The number of hydrogen-bond donors (Lipinski definition) is 2. The largest absolute Gasteiger partial charge is 0.469 e. The Morgan fingerprint density at radius 3 is 2.72 bits per heavy atom. The molecule has 0 amide bonds. The van der Waals surface area contributed by atoms with Crippen molar-refractivity contribution in [3.05, 3.63) is 59.5 Å². The van der Waals surface area contributed by atoms with E-state index in [-0.39, 0.29) is 29.9 Å². The van der Waals surface area contributed by atoms with Gasteiger partial charge in [-0.25, -0.2) is 9.79 Å². The van der Waals surface area contributed by atoms with Gasteiger partial charge in [-0.1, -0.05) is 12.1 Å². The standard InChI is InChI=1S/C21H27N3O4.HI/c1-26-20(25)18-6-4-16(5-7-18)13-23-21(24-14-17-9-12-27-15-17)22-10-8-19-3-2-11-28-19;/h2-7,11,17H,8-10,12-15H2,1H3,(H2,22,23,24);1H. The van der Waals surface area contributed by atoms with Crippen LogP contribution in [0.1, 0.15) is 28.1 Å². The van der Waals surface area contributed by atoms with Crippen molar-refractivity contribution in [2.24, 2.45) is 10.9 Å². The zero-order valence-corrected chi connectivity index (χ0v) is 18.9. The molecule has 2 N–H and O–H groups in total. The van der Waals surface area contributed by atoms with Gasteiger partial charge in [-0.3, -0.25) is 0 Å². The van der Waals surface area contributed by atoms with Gasteiger partial charge in [0, 0.05) is 32.0 Å². The molecule has 2 aromatic rings. The normalized spacial score (nSPS) is 16.2. The molecular formula is C21H28IN3O4. The van der Waals surface area contributed by atoms with E-state index in [1.54, 1.807) is 18.4 Å². The summed E-state index contributed by atoms with van der Waals surface area (Å²) in [5.74, 6) is 1.87. The molecule has 1 aliphatic rings. The van der Waals surface area contributed by atoms with E-state index in [9.17, 15) is 4.79 Å². The van der Waals surface area contributed by atoms with Crippen molar-refractivity contribution in [3.63, 3.8) is 0 Å². The Bertz CT molecular complexity index is 757. The summed E-state index contributed by atoms with van der Waals surface area (Å²) in [5, 5.41) is 6.76. The van der Waals surface area contributed by atoms with Crippen LogP contribution in [0.5, 0.6) is 0 Å². The van der Waals surface area contributed by atoms with Crippen molar-refractivity contribution in [2.75, 3.05) is 33.4 Å². The van der Waals surface area contributed by atoms with E-state index in [0.29, 0.717) is 18.0 Å². The number of guanidine groups is 1. The summed E-state index contributed by atoms with van der Waals surface area (Å²) in [6, 6.07) is 11.1. The summed E-state index contributed by atoms with van der Waals surface area (Å²) >= 11 is 0. The molecular weight excluding hydrogens is 485 g/mol. The number of halogens is 1. The number of rotatable bonds is 8. The summed E-state index contributed by atoms with van der Waals surface area (Å²) in [7, 11) is 1.38. The number of furan rings is 1. The van der Waals surface area contributed by atoms with Crippen molar-refractivity contribution in [1.29, 1.82) is 0 Å². The lowest BCUT2D eigenvalue weighted by atomic mass is 10.1. The molecule has 158 valence electrons. The quantitative estimate of drug-likeness (QED) is 0.245. The van der Waals surface area contributed by atoms with Crippen molar-refractivity contribution in [1.82, 2.24) is 10.6 Å². The Morgan fingerprint density at radius 2 is 2.07 bits per heavy atom. The van der Waals surface area contributed by atoms with Crippen LogP contribution in [-0.4, -0.2) is 45.3 Å². The third-order valence-corrected chi connectivity index (χ3v) is 4.62. The predicted molar refractivity (Wildman–Crippen MR) is 122 cm³/mol. The Morgan fingerprint density at radius 1 is 1.24 bits per heavy atom. The van der Waals surface area contributed by atoms with Gasteiger partial charge in [0.25, 0.3) is 0 Å². The first-order valence-corrected chi connectivity index (χ1v) is 9.54. The molecule has 3 rings (SSSR count). The summed E-state index contributed by atoms with van der Waals surface area (Å²) in [6.45, 7) is 3.69. The Balaban J connectivity index is 0.00000300. The van der Waals surface area contributed by atoms with Gasteiger partial charge in [-0.05, 0) is 36.2 Å². The van der Waals surface area contributed by atoms with Gasteiger partial charge in [0.1, 0.15) is 5.76 Å². The topological polar surface area (TPSA) is 85.1 Å². The first kappa shape index (κ1) is 23.2. The van der Waals surface area contributed by atoms with E-state index in [1.807, 2.05) is 24.3 Å². The second kappa shape index (κ2) is 12.5. The molecule has 1 aromatic carbocycles. The smallest absolute Gasteiger partial charge is 0.337 e. The second-order valence-electron chi connectivity index (χ2n) is 6.72. The fraction of sp³-hybridized carbons (Fsp3) is 0.429. The molecule has 1 fully saturated rings. The maximum absolute atomic E-state index is 11.5. The number of esters is 1. The van der Waals surface area contributed by atoms with Crippen LogP contribution in [-0.2, 0) is 22.4 Å². The lowest BCUT2D eigenvalue weighted by Gasteiger charge is -2.15. The van der Waals surface area contributed by atoms with Crippen molar-refractivity contribution >= 4 is 35.9 Å². The van der Waals surface area contributed by atoms with Gasteiger partial charge in [0.15, 0.2) is 5.96 Å². The maximum atomic E-state index is 11.5. The van der Waals surface area contributed by atoms with Crippen molar-refractivity contribution in [3.8, 4) is 0 Å².